The number of carbonyl (C=O) groups is 1. The van der Waals surface area contributed by atoms with E-state index in [9.17, 15) is 9.90 Å². The highest BCUT2D eigenvalue weighted by molar-refractivity contribution is 5.78. The maximum absolute atomic E-state index is 11.3. The molecule has 0 bridgehead atoms. The van der Waals surface area contributed by atoms with Crippen molar-refractivity contribution in [1.29, 1.82) is 0 Å². The third kappa shape index (κ3) is 1.26. The average Bonchev–Trinajstić information content (AvgIpc) is 2.46. The number of aromatic nitrogens is 3. The monoisotopic (exact) mass is 209 g/mol. The summed E-state index contributed by atoms with van der Waals surface area (Å²) in [4.78, 5) is 11.3. The number of hydrogen-bond donors (Lipinski definition) is 1. The first kappa shape index (κ1) is 10.1. The summed E-state index contributed by atoms with van der Waals surface area (Å²) in [6.07, 6.45) is 3.06. The molecule has 1 N–H and O–H groups in total. The third-order valence-corrected chi connectivity index (χ3v) is 3.21. The van der Waals surface area contributed by atoms with Crippen LogP contribution in [0.5, 0.6) is 0 Å². The molecular weight excluding hydrogens is 194 g/mol. The van der Waals surface area contributed by atoms with Gasteiger partial charge in [0.15, 0.2) is 0 Å². The van der Waals surface area contributed by atoms with Gasteiger partial charge in [-0.05, 0) is 26.2 Å². The number of aliphatic carboxylic acids is 1. The predicted octanol–water partition coefficient (Wildman–Crippen LogP) is 1.11. The van der Waals surface area contributed by atoms with Crippen LogP contribution in [-0.4, -0.2) is 25.8 Å². The van der Waals surface area contributed by atoms with E-state index in [0.717, 1.165) is 18.7 Å². The van der Waals surface area contributed by atoms with Gasteiger partial charge in [0.1, 0.15) is 17.2 Å². The molecule has 2 rings (SSSR count). The minimum Gasteiger partial charge on any atom is -0.479 e. The average molecular weight is 209 g/mol. The standard InChI is InChI=1S/C10H15N3O2/c1-3-8-12-11-7(2)13(8)10(9(14)15)5-4-6-10/h3-6H2,1-2H3,(H,14,15). The Morgan fingerprint density at radius 2 is 2.20 bits per heavy atom. The number of hydrogen-bond acceptors (Lipinski definition) is 3. The molecule has 15 heavy (non-hydrogen) atoms. The molecule has 0 unspecified atom stereocenters. The fraction of sp³-hybridized carbons (Fsp3) is 0.700. The Bertz CT molecular complexity index is 393. The third-order valence-electron chi connectivity index (χ3n) is 3.21. The summed E-state index contributed by atoms with van der Waals surface area (Å²) in [5.41, 5.74) is -0.765. The number of nitrogens with zero attached hydrogens (tertiary/aromatic N) is 3. The smallest absolute Gasteiger partial charge is 0.329 e. The van der Waals surface area contributed by atoms with Crippen LogP contribution in [-0.2, 0) is 16.8 Å². The molecule has 1 fully saturated rings. The van der Waals surface area contributed by atoms with Crippen molar-refractivity contribution in [3.8, 4) is 0 Å². The van der Waals surface area contributed by atoms with Crippen molar-refractivity contribution in [1.82, 2.24) is 14.8 Å². The van der Waals surface area contributed by atoms with Crippen molar-refractivity contribution in [2.45, 2.75) is 45.1 Å². The van der Waals surface area contributed by atoms with Gasteiger partial charge in [-0.3, -0.25) is 4.57 Å². The van der Waals surface area contributed by atoms with Crippen molar-refractivity contribution < 1.29 is 9.90 Å². The van der Waals surface area contributed by atoms with Gasteiger partial charge in [0, 0.05) is 6.42 Å². The molecule has 5 heteroatoms. The highest BCUT2D eigenvalue weighted by Crippen LogP contribution is 2.40. The van der Waals surface area contributed by atoms with Crippen molar-refractivity contribution in [3.63, 3.8) is 0 Å². The molecule has 1 aliphatic rings. The first-order valence-corrected chi connectivity index (χ1v) is 5.26. The molecule has 1 aliphatic carbocycles. The van der Waals surface area contributed by atoms with Gasteiger partial charge in [0.05, 0.1) is 0 Å². The van der Waals surface area contributed by atoms with E-state index in [2.05, 4.69) is 10.2 Å². The molecule has 1 heterocycles. The van der Waals surface area contributed by atoms with Gasteiger partial charge in [-0.15, -0.1) is 10.2 Å². The maximum atomic E-state index is 11.3. The summed E-state index contributed by atoms with van der Waals surface area (Å²) in [6, 6.07) is 0. The Labute approximate surface area is 88.1 Å². The minimum absolute atomic E-state index is 0.689. The summed E-state index contributed by atoms with van der Waals surface area (Å²) < 4.78 is 1.80. The van der Waals surface area contributed by atoms with Gasteiger partial charge in [0.2, 0.25) is 0 Å². The molecule has 0 spiro atoms. The second-order valence-corrected chi connectivity index (χ2v) is 4.04. The van der Waals surface area contributed by atoms with Crippen molar-refractivity contribution in [3.05, 3.63) is 11.6 Å². The molecule has 0 atom stereocenters. The second kappa shape index (κ2) is 3.32. The highest BCUT2D eigenvalue weighted by Gasteiger charge is 2.48. The summed E-state index contributed by atoms with van der Waals surface area (Å²) in [7, 11) is 0. The van der Waals surface area contributed by atoms with E-state index in [1.807, 2.05) is 13.8 Å². The summed E-state index contributed by atoms with van der Waals surface area (Å²) in [6.45, 7) is 3.78. The Hall–Kier alpha value is -1.39. The number of rotatable bonds is 3. The van der Waals surface area contributed by atoms with Crippen LogP contribution in [0.2, 0.25) is 0 Å². The Morgan fingerprint density at radius 1 is 1.53 bits per heavy atom. The van der Waals surface area contributed by atoms with Crippen LogP contribution in [0.15, 0.2) is 0 Å². The van der Waals surface area contributed by atoms with Crippen molar-refractivity contribution >= 4 is 5.97 Å². The van der Waals surface area contributed by atoms with Crippen LogP contribution >= 0.6 is 0 Å². The number of carboxylic acid groups (broad SMARTS) is 1. The first-order chi connectivity index (χ1) is 7.12. The Kier molecular flexibility index (Phi) is 2.25. The topological polar surface area (TPSA) is 68.0 Å². The van der Waals surface area contributed by atoms with Crippen LogP contribution in [0.4, 0.5) is 0 Å². The minimum atomic E-state index is -0.765. The van der Waals surface area contributed by atoms with Gasteiger partial charge in [-0.2, -0.15) is 0 Å². The van der Waals surface area contributed by atoms with Gasteiger partial charge in [-0.25, -0.2) is 4.79 Å². The van der Waals surface area contributed by atoms with E-state index >= 15 is 0 Å². The van der Waals surface area contributed by atoms with Crippen LogP contribution in [0.1, 0.15) is 37.8 Å². The Morgan fingerprint density at radius 3 is 2.60 bits per heavy atom. The van der Waals surface area contributed by atoms with E-state index in [1.165, 1.54) is 0 Å². The van der Waals surface area contributed by atoms with E-state index in [1.54, 1.807) is 4.57 Å². The zero-order valence-electron chi connectivity index (χ0n) is 9.03. The molecule has 0 saturated heterocycles. The quantitative estimate of drug-likeness (QED) is 0.809. The van der Waals surface area contributed by atoms with Gasteiger partial charge < -0.3 is 5.11 Å². The lowest BCUT2D eigenvalue weighted by Gasteiger charge is -2.40. The lowest BCUT2D eigenvalue weighted by atomic mass is 9.76. The molecule has 1 aromatic heterocycles. The number of aryl methyl sites for hydroxylation is 2. The van der Waals surface area contributed by atoms with Crippen LogP contribution in [0.25, 0.3) is 0 Å². The Balaban J connectivity index is 2.51. The second-order valence-electron chi connectivity index (χ2n) is 4.04. The molecule has 0 aliphatic heterocycles. The fourth-order valence-corrected chi connectivity index (χ4v) is 2.24. The molecule has 0 amide bonds. The zero-order chi connectivity index (χ0) is 11.1. The highest BCUT2D eigenvalue weighted by atomic mass is 16.4. The van der Waals surface area contributed by atoms with E-state index in [4.69, 9.17) is 0 Å². The van der Waals surface area contributed by atoms with Crippen molar-refractivity contribution in [2.24, 2.45) is 0 Å². The molecule has 0 aromatic carbocycles. The summed E-state index contributed by atoms with van der Waals surface area (Å²) >= 11 is 0. The zero-order valence-corrected chi connectivity index (χ0v) is 9.03. The van der Waals surface area contributed by atoms with Crippen LogP contribution in [0, 0.1) is 6.92 Å². The van der Waals surface area contributed by atoms with E-state index < -0.39 is 11.5 Å². The summed E-state index contributed by atoms with van der Waals surface area (Å²) in [5, 5.41) is 17.3. The van der Waals surface area contributed by atoms with Crippen LogP contribution in [0.3, 0.4) is 0 Å². The first-order valence-electron chi connectivity index (χ1n) is 5.26. The van der Waals surface area contributed by atoms with Gasteiger partial charge >= 0.3 is 5.97 Å². The molecule has 5 nitrogen and oxygen atoms in total. The molecule has 82 valence electrons. The lowest BCUT2D eigenvalue weighted by molar-refractivity contribution is -0.152. The normalized spacial score (nSPS) is 18.5. The van der Waals surface area contributed by atoms with Gasteiger partial charge in [-0.1, -0.05) is 6.92 Å². The lowest BCUT2D eigenvalue weighted by Crippen LogP contribution is -2.49. The maximum Gasteiger partial charge on any atom is 0.329 e. The van der Waals surface area contributed by atoms with E-state index in [-0.39, 0.29) is 0 Å². The number of carboxylic acids is 1. The van der Waals surface area contributed by atoms with Gasteiger partial charge in [0.25, 0.3) is 0 Å². The molecule has 1 aromatic rings. The predicted molar refractivity (Wildman–Crippen MR) is 53.6 cm³/mol. The van der Waals surface area contributed by atoms with E-state index in [0.29, 0.717) is 18.7 Å². The summed E-state index contributed by atoms with van der Waals surface area (Å²) in [5.74, 6) is 0.718. The largest absolute Gasteiger partial charge is 0.479 e. The van der Waals surface area contributed by atoms with Crippen molar-refractivity contribution in [2.75, 3.05) is 0 Å². The molecular formula is C10H15N3O2. The molecule has 1 saturated carbocycles. The van der Waals surface area contributed by atoms with Crippen LogP contribution < -0.4 is 0 Å². The SMILES string of the molecule is CCc1nnc(C)n1C1(C(=O)O)CCC1. The fourth-order valence-electron chi connectivity index (χ4n) is 2.24. The molecule has 0 radical (unpaired) electrons.